The summed E-state index contributed by atoms with van der Waals surface area (Å²) in [5.74, 6) is -2.77. The first kappa shape index (κ1) is 28.7. The second kappa shape index (κ2) is 12.1. The average Bonchev–Trinajstić information content (AvgIpc) is 3.29. The number of alkyl halides is 3. The highest BCUT2D eigenvalue weighted by atomic mass is 32.2. The highest BCUT2D eigenvalue weighted by Crippen LogP contribution is 2.40. The average molecular weight is 565 g/mol. The molecular weight excluding hydrogens is 537 g/mol. The van der Waals surface area contributed by atoms with Gasteiger partial charge in [0.1, 0.15) is 12.3 Å². The van der Waals surface area contributed by atoms with Crippen molar-refractivity contribution < 1.29 is 35.9 Å². The quantitative estimate of drug-likeness (QED) is 0.237. The van der Waals surface area contributed by atoms with Gasteiger partial charge >= 0.3 is 12.1 Å². The van der Waals surface area contributed by atoms with Crippen molar-refractivity contribution in [2.45, 2.75) is 45.3 Å². The van der Waals surface area contributed by atoms with Gasteiger partial charge in [0, 0.05) is 25.4 Å². The highest BCUT2D eigenvalue weighted by molar-refractivity contribution is 7.92. The van der Waals surface area contributed by atoms with Crippen LogP contribution in [0.1, 0.15) is 42.1 Å². The van der Waals surface area contributed by atoms with Crippen LogP contribution in [0.15, 0.2) is 22.4 Å². The normalized spacial score (nSPS) is 16.2. The first-order valence-electron chi connectivity index (χ1n) is 11.4. The van der Waals surface area contributed by atoms with E-state index < -0.39 is 27.9 Å². The number of methoxy groups -OCH3 is 1. The summed E-state index contributed by atoms with van der Waals surface area (Å²) in [6.45, 7) is 4.85. The number of halogens is 3. The van der Waals surface area contributed by atoms with Crippen LogP contribution in [0, 0.1) is 0 Å². The Labute approximate surface area is 216 Å². The van der Waals surface area contributed by atoms with E-state index in [1.807, 2.05) is 18.6 Å². The summed E-state index contributed by atoms with van der Waals surface area (Å²) in [4.78, 5) is 14.1. The fraction of sp³-hybridized carbons (Fsp3) is 0.571. The Morgan fingerprint density at radius 1 is 1.24 bits per heavy atom. The Bertz CT molecular complexity index is 1240. The minimum absolute atomic E-state index is 0.00919. The van der Waals surface area contributed by atoms with Gasteiger partial charge in [0.25, 0.3) is 5.13 Å². The minimum atomic E-state index is -4.93. The van der Waals surface area contributed by atoms with Crippen molar-refractivity contribution in [1.82, 2.24) is 10.2 Å². The van der Waals surface area contributed by atoms with Crippen molar-refractivity contribution in [1.29, 1.82) is 0 Å². The van der Waals surface area contributed by atoms with E-state index in [-0.39, 0.29) is 40.8 Å². The third-order valence-electron chi connectivity index (χ3n) is 5.48. The van der Waals surface area contributed by atoms with E-state index >= 15 is 0 Å². The summed E-state index contributed by atoms with van der Waals surface area (Å²) in [7, 11) is -3.32. The Balaban J connectivity index is 1.95. The third kappa shape index (κ3) is 7.82. The number of carbonyl (C=O) groups is 1. The van der Waals surface area contributed by atoms with Gasteiger partial charge in [-0.05, 0) is 43.9 Å². The van der Waals surface area contributed by atoms with E-state index in [2.05, 4.69) is 25.3 Å². The van der Waals surface area contributed by atoms with Crippen LogP contribution in [-0.4, -0.2) is 69.4 Å². The second-order valence-corrected chi connectivity index (χ2v) is 10.8. The van der Waals surface area contributed by atoms with Crippen LogP contribution in [-0.2, 0) is 25.9 Å². The number of hydrogen-bond acceptors (Lipinski definition) is 11. The van der Waals surface area contributed by atoms with E-state index in [1.165, 1.54) is 13.2 Å². The van der Waals surface area contributed by atoms with E-state index in [1.54, 1.807) is 6.07 Å². The number of hydrogen-bond donors (Lipinski definition) is 1. The molecule has 1 unspecified atom stereocenters. The van der Waals surface area contributed by atoms with Gasteiger partial charge < -0.3 is 14.4 Å². The third-order valence-corrected chi connectivity index (χ3v) is 7.50. The van der Waals surface area contributed by atoms with Crippen LogP contribution in [0.4, 0.5) is 35.4 Å². The van der Waals surface area contributed by atoms with Crippen LogP contribution in [0.3, 0.4) is 0 Å². The molecule has 2 heterocycles. The molecule has 0 spiro atoms. The van der Waals surface area contributed by atoms with Gasteiger partial charge in [-0.2, -0.15) is 13.2 Å². The van der Waals surface area contributed by atoms with Crippen molar-refractivity contribution in [2.75, 3.05) is 42.2 Å². The number of sulfonamides is 1. The molecule has 1 aliphatic rings. The maximum Gasteiger partial charge on any atom is 0.404 e. The molecule has 3 rings (SSSR count). The number of aromatic nitrogens is 2. The molecule has 1 aromatic carbocycles. The maximum absolute atomic E-state index is 12.8. The van der Waals surface area contributed by atoms with Gasteiger partial charge in [0.15, 0.2) is 5.75 Å². The van der Waals surface area contributed by atoms with Gasteiger partial charge in [-0.15, -0.1) is 20.4 Å². The molecule has 0 amide bonds. The Hall–Kier alpha value is -2.85. The molecule has 11 nitrogen and oxygen atoms in total. The fourth-order valence-corrected chi connectivity index (χ4v) is 5.48. The molecule has 1 aliphatic heterocycles. The summed E-state index contributed by atoms with van der Waals surface area (Å²) >= 11 is 0.788. The van der Waals surface area contributed by atoms with Crippen LogP contribution in [0.2, 0.25) is 0 Å². The second-order valence-electron chi connectivity index (χ2n) is 8.08. The molecule has 0 saturated heterocycles. The topological polar surface area (TPSA) is 135 Å². The Kier molecular flexibility index (Phi) is 9.41. The lowest BCUT2D eigenvalue weighted by Gasteiger charge is -2.38. The standard InChI is InChI=1S/C21H27F3N6O5S2/c1-4-14-7-6-13-10-15(25-27-20-28-26-18(36-20)19(31)35-9-8-34-3)16(11-17(13)30(14)5-2)29-37(32,33)12-21(22,23)24/h10-11,14,29H,4-9,12H2,1-3H3. The number of azo groups is 1. The summed E-state index contributed by atoms with van der Waals surface area (Å²) in [6.07, 6.45) is -2.53. The molecule has 16 heteroatoms. The molecule has 1 N–H and O–H groups in total. The molecule has 0 saturated carbocycles. The van der Waals surface area contributed by atoms with Gasteiger partial charge in [0.2, 0.25) is 15.0 Å². The number of rotatable bonds is 11. The molecule has 0 bridgehead atoms. The molecule has 0 radical (unpaired) electrons. The number of nitrogens with one attached hydrogen (secondary N) is 1. The maximum atomic E-state index is 12.8. The van der Waals surface area contributed by atoms with Crippen molar-refractivity contribution in [3.05, 3.63) is 22.7 Å². The van der Waals surface area contributed by atoms with E-state index in [0.717, 1.165) is 35.4 Å². The molecule has 1 aromatic heterocycles. The Morgan fingerprint density at radius 2 is 2.00 bits per heavy atom. The summed E-state index contributed by atoms with van der Waals surface area (Å²) in [5.41, 5.74) is 1.45. The smallest absolute Gasteiger partial charge is 0.404 e. The number of aryl methyl sites for hydroxylation is 1. The van der Waals surface area contributed by atoms with Crippen molar-refractivity contribution in [3.63, 3.8) is 0 Å². The predicted molar refractivity (Wildman–Crippen MR) is 132 cm³/mol. The largest absolute Gasteiger partial charge is 0.458 e. The number of ether oxygens (including phenoxy) is 2. The van der Waals surface area contributed by atoms with Gasteiger partial charge in [0.05, 0.1) is 12.3 Å². The van der Waals surface area contributed by atoms with Gasteiger partial charge in [-0.1, -0.05) is 18.3 Å². The molecule has 0 aliphatic carbocycles. The zero-order valence-corrected chi connectivity index (χ0v) is 22.0. The zero-order valence-electron chi connectivity index (χ0n) is 20.4. The van der Waals surface area contributed by atoms with Crippen molar-refractivity contribution in [3.8, 4) is 0 Å². The minimum Gasteiger partial charge on any atom is -0.458 e. The van der Waals surface area contributed by atoms with Crippen LogP contribution in [0.5, 0.6) is 0 Å². The molecule has 37 heavy (non-hydrogen) atoms. The predicted octanol–water partition coefficient (Wildman–Crippen LogP) is 4.61. The summed E-state index contributed by atoms with van der Waals surface area (Å²) in [6, 6.07) is 3.30. The van der Waals surface area contributed by atoms with Gasteiger partial charge in [-0.3, -0.25) is 4.72 Å². The van der Waals surface area contributed by atoms with E-state index in [0.29, 0.717) is 13.0 Å². The molecular formula is C21H27F3N6O5S2. The number of esters is 1. The molecule has 1 atom stereocenters. The van der Waals surface area contributed by atoms with Crippen LogP contribution < -0.4 is 9.62 Å². The number of carbonyl (C=O) groups excluding carboxylic acids is 1. The highest BCUT2D eigenvalue weighted by Gasteiger charge is 2.36. The summed E-state index contributed by atoms with van der Waals surface area (Å²) in [5, 5.41) is 15.3. The number of anilines is 2. The van der Waals surface area contributed by atoms with E-state index in [9.17, 15) is 26.4 Å². The number of benzene rings is 1. The zero-order chi connectivity index (χ0) is 27.2. The lowest BCUT2D eigenvalue weighted by Crippen LogP contribution is -2.38. The first-order chi connectivity index (χ1) is 17.5. The van der Waals surface area contributed by atoms with Crippen molar-refractivity contribution >= 4 is 49.5 Å². The molecule has 0 fully saturated rings. The molecule has 2 aromatic rings. The van der Waals surface area contributed by atoms with Crippen LogP contribution >= 0.6 is 11.3 Å². The van der Waals surface area contributed by atoms with Crippen molar-refractivity contribution in [2.24, 2.45) is 10.2 Å². The monoisotopic (exact) mass is 564 g/mol. The van der Waals surface area contributed by atoms with Gasteiger partial charge in [-0.25, -0.2) is 13.2 Å². The SMILES string of the molecule is CCC1CCc2cc(N=Nc3nnc(C(=O)OCCOC)s3)c(NS(=O)(=O)CC(F)(F)F)cc2N1CC. The number of fused-ring (bicyclic) bond motifs is 1. The number of nitrogens with zero attached hydrogens (tertiary/aromatic N) is 5. The molecule has 204 valence electrons. The lowest BCUT2D eigenvalue weighted by atomic mass is 9.93. The fourth-order valence-electron chi connectivity index (χ4n) is 3.91. The lowest BCUT2D eigenvalue weighted by molar-refractivity contribution is -0.106. The summed E-state index contributed by atoms with van der Waals surface area (Å²) < 4.78 is 74.9. The Morgan fingerprint density at radius 3 is 2.65 bits per heavy atom. The first-order valence-corrected chi connectivity index (χ1v) is 13.8. The van der Waals surface area contributed by atoms with E-state index in [4.69, 9.17) is 9.47 Å². The van der Waals surface area contributed by atoms with Crippen LogP contribution in [0.25, 0.3) is 0 Å².